The van der Waals surface area contributed by atoms with E-state index in [0.29, 0.717) is 33.0 Å². The minimum absolute atomic E-state index is 0.0675. The number of carbonyl (C=O) groups is 1. The lowest BCUT2D eigenvalue weighted by molar-refractivity contribution is -0.112. The zero-order valence-corrected chi connectivity index (χ0v) is 16.9. The highest BCUT2D eigenvalue weighted by molar-refractivity contribution is 9.10. The lowest BCUT2D eigenvalue weighted by atomic mass is 10.1. The van der Waals surface area contributed by atoms with Gasteiger partial charge in [-0.05, 0) is 64.0 Å². The third kappa shape index (κ3) is 5.29. The van der Waals surface area contributed by atoms with Crippen LogP contribution in [0.2, 0.25) is 0 Å². The molecule has 0 saturated heterocycles. The monoisotopic (exact) mass is 440 g/mol. The van der Waals surface area contributed by atoms with Crippen LogP contribution in [0.4, 0.5) is 5.69 Å². The Morgan fingerprint density at radius 2 is 1.96 bits per heavy atom. The average molecular weight is 441 g/mol. The van der Waals surface area contributed by atoms with Crippen LogP contribution in [0.15, 0.2) is 46.4 Å². The maximum atomic E-state index is 12.4. The summed E-state index contributed by atoms with van der Waals surface area (Å²) in [6, 6.07) is 12.0. The Hall–Kier alpha value is -3.42. The summed E-state index contributed by atoms with van der Waals surface area (Å²) in [6.07, 6.45) is 6.67. The first-order chi connectivity index (χ1) is 13.5. The number of nitriles is 1. The van der Waals surface area contributed by atoms with Gasteiger partial charge in [0.15, 0.2) is 11.5 Å². The molecule has 2 aromatic rings. The molecule has 142 valence electrons. The molecule has 28 heavy (non-hydrogen) atoms. The predicted molar refractivity (Wildman–Crippen MR) is 110 cm³/mol. The number of amides is 1. The second-order valence-corrected chi connectivity index (χ2v) is 6.23. The first-order valence-electron chi connectivity index (χ1n) is 8.03. The Morgan fingerprint density at radius 3 is 2.54 bits per heavy atom. The average Bonchev–Trinajstić information content (AvgIpc) is 2.71. The van der Waals surface area contributed by atoms with E-state index in [1.165, 1.54) is 13.2 Å². The number of carbonyl (C=O) groups excluding carboxylic acids is 1. The van der Waals surface area contributed by atoms with Gasteiger partial charge in [-0.25, -0.2) is 0 Å². The van der Waals surface area contributed by atoms with Gasteiger partial charge >= 0.3 is 0 Å². The smallest absolute Gasteiger partial charge is 0.266 e. The number of hydrogen-bond donors (Lipinski definition) is 1. The summed E-state index contributed by atoms with van der Waals surface area (Å²) in [5, 5.41) is 12.1. The van der Waals surface area contributed by atoms with Crippen LogP contribution < -0.4 is 19.5 Å². The van der Waals surface area contributed by atoms with Crippen LogP contribution in [0, 0.1) is 23.7 Å². The van der Waals surface area contributed by atoms with Crippen LogP contribution in [0.5, 0.6) is 17.2 Å². The molecule has 0 fully saturated rings. The molecular formula is C21H17BrN2O4. The summed E-state index contributed by atoms with van der Waals surface area (Å²) in [5.41, 5.74) is 1.06. The summed E-state index contributed by atoms with van der Waals surface area (Å²) in [5.74, 6) is 3.38. The minimum atomic E-state index is -0.532. The highest BCUT2D eigenvalue weighted by atomic mass is 79.9. The van der Waals surface area contributed by atoms with Crippen LogP contribution in [0.25, 0.3) is 6.08 Å². The topological polar surface area (TPSA) is 80.6 Å². The third-order valence-corrected chi connectivity index (χ3v) is 4.16. The number of anilines is 1. The van der Waals surface area contributed by atoms with Crippen molar-refractivity contribution in [1.29, 1.82) is 5.26 Å². The van der Waals surface area contributed by atoms with Gasteiger partial charge in [0, 0.05) is 5.69 Å². The molecule has 0 aromatic heterocycles. The molecule has 6 nitrogen and oxygen atoms in total. The van der Waals surface area contributed by atoms with Gasteiger partial charge in [-0.1, -0.05) is 5.92 Å². The van der Waals surface area contributed by atoms with E-state index in [2.05, 4.69) is 27.2 Å². The molecule has 2 rings (SSSR count). The van der Waals surface area contributed by atoms with Crippen molar-refractivity contribution in [2.45, 2.75) is 0 Å². The Kier molecular flexibility index (Phi) is 7.50. The van der Waals surface area contributed by atoms with Crippen molar-refractivity contribution in [2.75, 3.05) is 26.1 Å². The molecule has 0 radical (unpaired) electrons. The Morgan fingerprint density at radius 1 is 1.25 bits per heavy atom. The fourth-order valence-corrected chi connectivity index (χ4v) is 2.84. The first-order valence-corrected chi connectivity index (χ1v) is 8.82. The van der Waals surface area contributed by atoms with E-state index in [-0.39, 0.29) is 12.2 Å². The van der Waals surface area contributed by atoms with Crippen molar-refractivity contribution in [3.63, 3.8) is 0 Å². The van der Waals surface area contributed by atoms with E-state index in [1.54, 1.807) is 43.5 Å². The number of benzene rings is 2. The van der Waals surface area contributed by atoms with Crippen molar-refractivity contribution in [2.24, 2.45) is 0 Å². The number of methoxy groups -OCH3 is 2. The molecule has 0 unspecified atom stereocenters. The molecule has 0 atom stereocenters. The van der Waals surface area contributed by atoms with Crippen molar-refractivity contribution in [3.05, 3.63) is 52.0 Å². The second-order valence-electron chi connectivity index (χ2n) is 5.38. The SMILES string of the molecule is C#CCOc1c(Br)cc(/C=C(/C#N)C(=O)Nc2ccc(OC)cc2)cc1OC. The molecule has 0 bridgehead atoms. The van der Waals surface area contributed by atoms with Crippen LogP contribution in [-0.2, 0) is 4.79 Å². The Bertz CT molecular complexity index is 970. The van der Waals surface area contributed by atoms with Crippen molar-refractivity contribution in [3.8, 4) is 35.7 Å². The molecule has 0 aliphatic carbocycles. The molecule has 2 aromatic carbocycles. The van der Waals surface area contributed by atoms with Crippen LogP contribution >= 0.6 is 15.9 Å². The van der Waals surface area contributed by atoms with E-state index in [4.69, 9.17) is 20.6 Å². The van der Waals surface area contributed by atoms with Gasteiger partial charge < -0.3 is 19.5 Å². The van der Waals surface area contributed by atoms with E-state index < -0.39 is 5.91 Å². The highest BCUT2D eigenvalue weighted by Crippen LogP contribution is 2.37. The summed E-state index contributed by atoms with van der Waals surface area (Å²) in [7, 11) is 3.04. The quantitative estimate of drug-likeness (QED) is 0.399. The Labute approximate surface area is 171 Å². The van der Waals surface area contributed by atoms with E-state index in [9.17, 15) is 10.1 Å². The van der Waals surface area contributed by atoms with Gasteiger partial charge in [0.1, 0.15) is 24.0 Å². The van der Waals surface area contributed by atoms with E-state index >= 15 is 0 Å². The molecule has 0 heterocycles. The Balaban J connectivity index is 2.27. The lowest BCUT2D eigenvalue weighted by Crippen LogP contribution is -2.13. The number of halogens is 1. The summed E-state index contributed by atoms with van der Waals surface area (Å²) in [6.45, 7) is 0.0812. The van der Waals surface area contributed by atoms with Gasteiger partial charge in [-0.2, -0.15) is 5.26 Å². The number of nitrogens with one attached hydrogen (secondary N) is 1. The molecular weight excluding hydrogens is 424 g/mol. The summed E-state index contributed by atoms with van der Waals surface area (Å²) >= 11 is 3.39. The normalized spacial score (nSPS) is 10.4. The zero-order valence-electron chi connectivity index (χ0n) is 15.3. The van der Waals surface area contributed by atoms with Gasteiger partial charge in [0.25, 0.3) is 5.91 Å². The molecule has 0 spiro atoms. The van der Waals surface area contributed by atoms with Gasteiger partial charge in [-0.15, -0.1) is 6.42 Å². The summed E-state index contributed by atoms with van der Waals surface area (Å²) < 4.78 is 16.4. The number of nitrogens with zero attached hydrogens (tertiary/aromatic N) is 1. The maximum absolute atomic E-state index is 12.4. The number of rotatable bonds is 7. The van der Waals surface area contributed by atoms with Crippen molar-refractivity contribution < 1.29 is 19.0 Å². The molecule has 0 saturated carbocycles. The fourth-order valence-electron chi connectivity index (χ4n) is 2.27. The standard InChI is InChI=1S/C21H17BrN2O4/c1-4-9-28-20-18(22)11-14(12-19(20)27-3)10-15(13-23)21(25)24-16-5-7-17(26-2)8-6-16/h1,5-8,10-12H,9H2,2-3H3,(H,24,25)/b15-10-. The summed E-state index contributed by atoms with van der Waals surface area (Å²) in [4.78, 5) is 12.4. The van der Waals surface area contributed by atoms with Gasteiger partial charge in [0.05, 0.1) is 18.7 Å². The first kappa shape index (κ1) is 20.9. The lowest BCUT2D eigenvalue weighted by Gasteiger charge is -2.12. The second kappa shape index (κ2) is 10.1. The molecule has 0 aliphatic rings. The number of terminal acetylenes is 1. The van der Waals surface area contributed by atoms with Crippen molar-refractivity contribution >= 4 is 33.6 Å². The van der Waals surface area contributed by atoms with Crippen LogP contribution in [0.3, 0.4) is 0 Å². The highest BCUT2D eigenvalue weighted by Gasteiger charge is 2.14. The van der Waals surface area contributed by atoms with Crippen molar-refractivity contribution in [1.82, 2.24) is 0 Å². The molecule has 0 aliphatic heterocycles. The number of ether oxygens (including phenoxy) is 3. The zero-order chi connectivity index (χ0) is 20.5. The van der Waals surface area contributed by atoms with Gasteiger partial charge in [-0.3, -0.25) is 4.79 Å². The predicted octanol–water partition coefficient (Wildman–Crippen LogP) is 4.02. The minimum Gasteiger partial charge on any atom is -0.497 e. The van der Waals surface area contributed by atoms with Crippen LogP contribution in [-0.4, -0.2) is 26.7 Å². The van der Waals surface area contributed by atoms with E-state index in [0.717, 1.165) is 0 Å². The maximum Gasteiger partial charge on any atom is 0.266 e. The fraction of sp³-hybridized carbons (Fsp3) is 0.143. The largest absolute Gasteiger partial charge is 0.497 e. The molecule has 7 heteroatoms. The molecule has 1 N–H and O–H groups in total. The van der Waals surface area contributed by atoms with Gasteiger partial charge in [0.2, 0.25) is 0 Å². The third-order valence-electron chi connectivity index (χ3n) is 3.58. The van der Waals surface area contributed by atoms with Crippen LogP contribution in [0.1, 0.15) is 5.56 Å². The molecule has 1 amide bonds. The van der Waals surface area contributed by atoms with E-state index in [1.807, 2.05) is 6.07 Å². The number of hydrogen-bond acceptors (Lipinski definition) is 5.